The van der Waals surface area contributed by atoms with Crippen LogP contribution in [0.2, 0.25) is 0 Å². The number of benzene rings is 4. The van der Waals surface area contributed by atoms with Crippen molar-refractivity contribution in [3.05, 3.63) is 119 Å². The lowest BCUT2D eigenvalue weighted by molar-refractivity contribution is -0.288. The average molecular weight is 516 g/mol. The van der Waals surface area contributed by atoms with E-state index in [1.807, 2.05) is 26.0 Å². The van der Waals surface area contributed by atoms with Crippen LogP contribution in [0.25, 0.3) is 0 Å². The second kappa shape index (κ2) is 9.84. The van der Waals surface area contributed by atoms with Crippen molar-refractivity contribution < 1.29 is 35.8 Å². The van der Waals surface area contributed by atoms with E-state index in [0.717, 1.165) is 59.7 Å². The minimum atomic E-state index is -5.69. The molecular weight excluding hydrogens is 494 g/mol. The van der Waals surface area contributed by atoms with Gasteiger partial charge in [-0.05, 0) is 84.6 Å². The number of aryl methyl sites for hydroxylation is 2. The van der Waals surface area contributed by atoms with E-state index in [4.69, 9.17) is 9.47 Å². The second-order valence-electron chi connectivity index (χ2n) is 8.63. The first kappa shape index (κ1) is 26.1. The zero-order valence-electron chi connectivity index (χ0n) is 19.8. The fourth-order valence-corrected chi connectivity index (χ4v) is 4.16. The Labute approximate surface area is 210 Å². The summed E-state index contributed by atoms with van der Waals surface area (Å²) in [5.74, 6) is 1.04. The van der Waals surface area contributed by atoms with E-state index in [2.05, 4.69) is 0 Å². The first-order valence-corrected chi connectivity index (χ1v) is 11.2. The molecule has 2 nitrogen and oxygen atoms in total. The van der Waals surface area contributed by atoms with Crippen LogP contribution in [0.3, 0.4) is 0 Å². The highest BCUT2D eigenvalue weighted by molar-refractivity contribution is 5.48. The molecule has 0 bridgehead atoms. The number of alkyl halides is 6. The molecule has 0 spiro atoms. The fraction of sp³-hybridized carbons (Fsp3) is 0.172. The van der Waals surface area contributed by atoms with Gasteiger partial charge in [0.25, 0.3) is 0 Å². The number of ether oxygens (including phenoxy) is 2. The molecule has 4 aromatic rings. The van der Waals surface area contributed by atoms with Crippen LogP contribution in [0.1, 0.15) is 22.3 Å². The molecule has 0 saturated carbocycles. The summed E-state index contributed by atoms with van der Waals surface area (Å²) in [5.41, 5.74) is -4.44. The highest BCUT2D eigenvalue weighted by atomic mass is 19.4. The molecule has 8 heteroatoms. The standard InChI is InChI=1S/C29H22F6O2/c1-19-5-3-7-25(17-19)36-23-13-9-21(10-14-23)27(28(30,31)32,29(33,34)35)22-11-15-24(16-12-22)37-26-8-4-6-20(2)18-26/h3-18H,1-2H3. The Hall–Kier alpha value is -3.94. The maximum Gasteiger partial charge on any atom is 0.411 e. The summed E-state index contributed by atoms with van der Waals surface area (Å²) in [6.45, 7) is 3.66. The van der Waals surface area contributed by atoms with Gasteiger partial charge in [0.05, 0.1) is 0 Å². The van der Waals surface area contributed by atoms with Gasteiger partial charge in [0.15, 0.2) is 0 Å². The Morgan fingerprint density at radius 3 is 1.11 bits per heavy atom. The molecule has 0 saturated heterocycles. The number of hydrogen-bond acceptors (Lipinski definition) is 2. The molecule has 4 aromatic carbocycles. The van der Waals surface area contributed by atoms with E-state index >= 15 is 0 Å². The van der Waals surface area contributed by atoms with Crippen LogP contribution in [0, 0.1) is 13.8 Å². The van der Waals surface area contributed by atoms with Crippen molar-refractivity contribution in [3.63, 3.8) is 0 Å². The quantitative estimate of drug-likeness (QED) is 0.238. The Morgan fingerprint density at radius 1 is 0.459 bits per heavy atom. The Balaban J connectivity index is 1.73. The third kappa shape index (κ3) is 5.28. The summed E-state index contributed by atoms with van der Waals surface area (Å²) < 4.78 is 97.9. The van der Waals surface area contributed by atoms with Gasteiger partial charge in [-0.3, -0.25) is 0 Å². The molecular formula is C29H22F6O2. The summed E-state index contributed by atoms with van der Waals surface area (Å²) in [5, 5.41) is 0. The third-order valence-corrected chi connectivity index (χ3v) is 5.88. The van der Waals surface area contributed by atoms with Crippen LogP contribution >= 0.6 is 0 Å². The number of hydrogen-bond donors (Lipinski definition) is 0. The van der Waals surface area contributed by atoms with Crippen molar-refractivity contribution >= 4 is 0 Å². The minimum absolute atomic E-state index is 0.106. The minimum Gasteiger partial charge on any atom is -0.457 e. The summed E-state index contributed by atoms with van der Waals surface area (Å²) in [4.78, 5) is 0. The summed E-state index contributed by atoms with van der Waals surface area (Å²) in [6, 6.07) is 21.3. The van der Waals surface area contributed by atoms with Gasteiger partial charge >= 0.3 is 12.4 Å². The predicted molar refractivity (Wildman–Crippen MR) is 128 cm³/mol. The van der Waals surface area contributed by atoms with Crippen molar-refractivity contribution in [3.8, 4) is 23.0 Å². The Bertz CT molecular complexity index is 1250. The zero-order chi connectivity index (χ0) is 26.8. The summed E-state index contributed by atoms with van der Waals surface area (Å²) >= 11 is 0. The van der Waals surface area contributed by atoms with Crippen LogP contribution in [0.15, 0.2) is 97.1 Å². The lowest BCUT2D eigenvalue weighted by atomic mass is 9.73. The van der Waals surface area contributed by atoms with E-state index in [1.165, 1.54) is 0 Å². The van der Waals surface area contributed by atoms with Crippen molar-refractivity contribution in [2.45, 2.75) is 31.6 Å². The Kier molecular flexibility index (Phi) is 6.95. The highest BCUT2D eigenvalue weighted by Crippen LogP contribution is 2.56. The lowest BCUT2D eigenvalue weighted by Gasteiger charge is -2.38. The fourth-order valence-electron chi connectivity index (χ4n) is 4.16. The van der Waals surface area contributed by atoms with Crippen molar-refractivity contribution in [2.24, 2.45) is 0 Å². The summed E-state index contributed by atoms with van der Waals surface area (Å²) in [7, 11) is 0. The van der Waals surface area contributed by atoms with Crippen molar-refractivity contribution in [2.75, 3.05) is 0 Å². The molecule has 0 aliphatic heterocycles. The average Bonchev–Trinajstić information content (AvgIpc) is 2.80. The monoisotopic (exact) mass is 516 g/mol. The molecule has 0 aliphatic carbocycles. The highest BCUT2D eigenvalue weighted by Gasteiger charge is 2.72. The van der Waals surface area contributed by atoms with E-state index in [1.54, 1.807) is 36.4 Å². The van der Waals surface area contributed by atoms with Crippen LogP contribution < -0.4 is 9.47 Å². The zero-order valence-corrected chi connectivity index (χ0v) is 19.8. The maximum absolute atomic E-state index is 14.4. The van der Waals surface area contributed by atoms with Gasteiger partial charge in [-0.2, -0.15) is 26.3 Å². The van der Waals surface area contributed by atoms with E-state index < -0.39 is 28.9 Å². The normalized spacial score (nSPS) is 12.3. The van der Waals surface area contributed by atoms with Gasteiger partial charge in [0.1, 0.15) is 23.0 Å². The first-order valence-electron chi connectivity index (χ1n) is 11.2. The molecule has 0 N–H and O–H groups in total. The molecule has 37 heavy (non-hydrogen) atoms. The summed E-state index contributed by atoms with van der Waals surface area (Å²) in [6.07, 6.45) is -11.4. The van der Waals surface area contributed by atoms with Gasteiger partial charge in [-0.15, -0.1) is 0 Å². The lowest BCUT2D eigenvalue weighted by Crippen LogP contribution is -2.54. The maximum atomic E-state index is 14.4. The van der Waals surface area contributed by atoms with Crippen molar-refractivity contribution in [1.29, 1.82) is 0 Å². The number of rotatable bonds is 6. The van der Waals surface area contributed by atoms with Gasteiger partial charge in [0, 0.05) is 0 Å². The largest absolute Gasteiger partial charge is 0.457 e. The van der Waals surface area contributed by atoms with Crippen LogP contribution in [-0.4, -0.2) is 12.4 Å². The Morgan fingerprint density at radius 2 is 0.811 bits per heavy atom. The number of halogens is 6. The van der Waals surface area contributed by atoms with E-state index in [-0.39, 0.29) is 11.5 Å². The smallest absolute Gasteiger partial charge is 0.411 e. The van der Waals surface area contributed by atoms with Gasteiger partial charge in [-0.25, -0.2) is 0 Å². The molecule has 0 radical (unpaired) electrons. The van der Waals surface area contributed by atoms with Crippen molar-refractivity contribution in [1.82, 2.24) is 0 Å². The molecule has 0 atom stereocenters. The van der Waals surface area contributed by atoms with Gasteiger partial charge < -0.3 is 9.47 Å². The molecule has 0 unspecified atom stereocenters. The van der Waals surface area contributed by atoms with Crippen LogP contribution in [0.5, 0.6) is 23.0 Å². The molecule has 4 rings (SSSR count). The van der Waals surface area contributed by atoms with Gasteiger partial charge in [-0.1, -0.05) is 48.5 Å². The predicted octanol–water partition coefficient (Wildman–Crippen LogP) is 9.30. The van der Waals surface area contributed by atoms with E-state index in [0.29, 0.717) is 11.5 Å². The molecule has 0 aromatic heterocycles. The molecule has 192 valence electrons. The second-order valence-corrected chi connectivity index (χ2v) is 8.63. The molecule has 0 amide bonds. The molecule has 0 heterocycles. The van der Waals surface area contributed by atoms with Crippen LogP contribution in [-0.2, 0) is 5.41 Å². The topological polar surface area (TPSA) is 18.5 Å². The molecule has 0 fully saturated rings. The van der Waals surface area contributed by atoms with Gasteiger partial charge in [0.2, 0.25) is 5.41 Å². The van der Waals surface area contributed by atoms with Crippen LogP contribution in [0.4, 0.5) is 26.3 Å². The molecule has 0 aliphatic rings. The first-order chi connectivity index (χ1) is 17.4. The SMILES string of the molecule is Cc1cccc(Oc2ccc(C(c3ccc(Oc4cccc(C)c4)cc3)(C(F)(F)F)C(F)(F)F)cc2)c1. The third-order valence-electron chi connectivity index (χ3n) is 5.88. The van der Waals surface area contributed by atoms with E-state index in [9.17, 15) is 26.3 Å².